The Labute approximate surface area is 91.4 Å². The zero-order valence-electron chi connectivity index (χ0n) is 9.46. The fraction of sp³-hybridized carbons (Fsp3) is 0.417. The number of aryl methyl sites for hydroxylation is 1. The van der Waals surface area contributed by atoms with E-state index < -0.39 is 0 Å². The van der Waals surface area contributed by atoms with E-state index >= 15 is 0 Å². The summed E-state index contributed by atoms with van der Waals surface area (Å²) in [6.45, 7) is 8.81. The van der Waals surface area contributed by atoms with Crippen LogP contribution in [0.4, 0.5) is 5.82 Å². The summed E-state index contributed by atoms with van der Waals surface area (Å²) in [6, 6.07) is 2.21. The third-order valence-corrected chi connectivity index (χ3v) is 2.44. The second-order valence-corrected chi connectivity index (χ2v) is 3.56. The van der Waals surface area contributed by atoms with Crippen LogP contribution in [0.2, 0.25) is 0 Å². The quantitative estimate of drug-likeness (QED) is 0.724. The van der Waals surface area contributed by atoms with E-state index in [9.17, 15) is 0 Å². The first-order valence-corrected chi connectivity index (χ1v) is 5.26. The van der Waals surface area contributed by atoms with Crippen LogP contribution in [-0.2, 0) is 0 Å². The molecule has 0 aliphatic rings. The van der Waals surface area contributed by atoms with Crippen LogP contribution in [0, 0.1) is 6.92 Å². The fourth-order valence-corrected chi connectivity index (χ4v) is 1.76. The number of nitrogen functional groups attached to an aromatic ring is 1. The van der Waals surface area contributed by atoms with Crippen molar-refractivity contribution in [1.29, 1.82) is 0 Å². The Morgan fingerprint density at radius 3 is 2.93 bits per heavy atom. The molecule has 82 valence electrons. The highest BCUT2D eigenvalue weighted by atomic mass is 14.9. The number of nitrogens with one attached hydrogen (secondary N) is 1. The molecule has 0 saturated carbocycles. The molecule has 1 heterocycles. The molecule has 3 heteroatoms. The minimum absolute atomic E-state index is 0.223. The van der Waals surface area contributed by atoms with E-state index in [0.29, 0.717) is 5.82 Å². The largest absolute Gasteiger partial charge is 0.383 e. The minimum atomic E-state index is 0.223. The first kappa shape index (κ1) is 11.7. The molecule has 1 unspecified atom stereocenters. The van der Waals surface area contributed by atoms with E-state index in [1.807, 2.05) is 12.1 Å². The van der Waals surface area contributed by atoms with Crippen molar-refractivity contribution in [3.8, 4) is 0 Å². The monoisotopic (exact) mass is 205 g/mol. The van der Waals surface area contributed by atoms with Gasteiger partial charge >= 0.3 is 0 Å². The van der Waals surface area contributed by atoms with Crippen LogP contribution in [-0.4, -0.2) is 11.5 Å². The molecular formula is C12H19N3. The van der Waals surface area contributed by atoms with Crippen LogP contribution in [0.15, 0.2) is 24.9 Å². The van der Waals surface area contributed by atoms with Crippen molar-refractivity contribution < 1.29 is 0 Å². The fourth-order valence-electron chi connectivity index (χ4n) is 1.76. The average Bonchev–Trinajstić information content (AvgIpc) is 2.18. The predicted molar refractivity (Wildman–Crippen MR) is 64.6 cm³/mol. The number of pyridine rings is 1. The van der Waals surface area contributed by atoms with E-state index in [2.05, 4.69) is 30.7 Å². The van der Waals surface area contributed by atoms with Gasteiger partial charge in [0.05, 0.1) is 0 Å². The number of rotatable bonds is 5. The summed E-state index contributed by atoms with van der Waals surface area (Å²) in [5.74, 6) is 0.614. The van der Waals surface area contributed by atoms with Crippen LogP contribution in [0.1, 0.15) is 30.5 Å². The zero-order chi connectivity index (χ0) is 11.3. The second-order valence-electron chi connectivity index (χ2n) is 3.56. The average molecular weight is 205 g/mol. The van der Waals surface area contributed by atoms with Crippen molar-refractivity contribution in [3.63, 3.8) is 0 Å². The normalized spacial score (nSPS) is 12.4. The van der Waals surface area contributed by atoms with Gasteiger partial charge in [0.1, 0.15) is 5.82 Å². The highest BCUT2D eigenvalue weighted by Crippen LogP contribution is 2.24. The molecule has 0 aliphatic heterocycles. The second kappa shape index (κ2) is 5.51. The maximum atomic E-state index is 5.90. The Kier molecular flexibility index (Phi) is 4.31. The highest BCUT2D eigenvalue weighted by molar-refractivity contribution is 5.46. The zero-order valence-corrected chi connectivity index (χ0v) is 9.46. The molecule has 0 amide bonds. The van der Waals surface area contributed by atoms with E-state index in [1.165, 1.54) is 5.56 Å². The molecule has 0 saturated heterocycles. The number of aromatic nitrogens is 1. The van der Waals surface area contributed by atoms with Gasteiger partial charge in [0, 0.05) is 17.8 Å². The lowest BCUT2D eigenvalue weighted by Gasteiger charge is -2.19. The van der Waals surface area contributed by atoms with Gasteiger partial charge < -0.3 is 11.1 Å². The highest BCUT2D eigenvalue weighted by Gasteiger charge is 2.14. The van der Waals surface area contributed by atoms with Crippen LogP contribution < -0.4 is 11.1 Å². The summed E-state index contributed by atoms with van der Waals surface area (Å²) in [6.07, 6.45) is 4.51. The Morgan fingerprint density at radius 1 is 1.67 bits per heavy atom. The maximum absolute atomic E-state index is 5.90. The standard InChI is InChI=1S/C12H19N3/c1-4-6-10(14-5-2)11-9(3)7-8-15-12(11)13/h4,7-8,10,14H,1,5-6H2,2-3H3,(H2,13,15). The lowest BCUT2D eigenvalue weighted by Crippen LogP contribution is -2.22. The molecule has 0 fully saturated rings. The molecule has 1 aromatic rings. The van der Waals surface area contributed by atoms with Gasteiger partial charge in [-0.25, -0.2) is 4.98 Å². The molecular weight excluding hydrogens is 186 g/mol. The molecule has 0 bridgehead atoms. The number of nitrogens with two attached hydrogens (primary N) is 1. The van der Waals surface area contributed by atoms with Gasteiger partial charge in [-0.3, -0.25) is 0 Å². The van der Waals surface area contributed by atoms with Gasteiger partial charge in [0.25, 0.3) is 0 Å². The predicted octanol–water partition coefficient (Wildman–Crippen LogP) is 2.20. The first-order valence-electron chi connectivity index (χ1n) is 5.26. The van der Waals surface area contributed by atoms with Gasteiger partial charge in [-0.2, -0.15) is 0 Å². The van der Waals surface area contributed by atoms with Crippen molar-refractivity contribution in [3.05, 3.63) is 36.0 Å². The molecule has 3 nitrogen and oxygen atoms in total. The first-order chi connectivity index (χ1) is 7.20. The molecule has 3 N–H and O–H groups in total. The van der Waals surface area contributed by atoms with Gasteiger partial charge in [0.2, 0.25) is 0 Å². The van der Waals surface area contributed by atoms with E-state index in [-0.39, 0.29) is 6.04 Å². The minimum Gasteiger partial charge on any atom is -0.383 e. The molecule has 1 atom stereocenters. The Hall–Kier alpha value is -1.35. The van der Waals surface area contributed by atoms with Crippen LogP contribution in [0.25, 0.3) is 0 Å². The van der Waals surface area contributed by atoms with E-state index in [1.54, 1.807) is 6.20 Å². The van der Waals surface area contributed by atoms with Crippen LogP contribution >= 0.6 is 0 Å². The Balaban J connectivity index is 3.03. The topological polar surface area (TPSA) is 50.9 Å². The van der Waals surface area contributed by atoms with Gasteiger partial charge in [-0.15, -0.1) is 6.58 Å². The van der Waals surface area contributed by atoms with E-state index in [0.717, 1.165) is 18.5 Å². The summed E-state index contributed by atoms with van der Waals surface area (Å²) >= 11 is 0. The molecule has 1 rings (SSSR count). The van der Waals surface area contributed by atoms with Crippen molar-refractivity contribution in [1.82, 2.24) is 10.3 Å². The third kappa shape index (κ3) is 2.80. The smallest absolute Gasteiger partial charge is 0.128 e. The van der Waals surface area contributed by atoms with Crippen LogP contribution in [0.3, 0.4) is 0 Å². The molecule has 0 aromatic carbocycles. The number of hydrogen-bond donors (Lipinski definition) is 2. The summed E-state index contributed by atoms with van der Waals surface area (Å²) in [5, 5.41) is 3.39. The Morgan fingerprint density at radius 2 is 2.40 bits per heavy atom. The van der Waals surface area contributed by atoms with Crippen molar-refractivity contribution in [2.75, 3.05) is 12.3 Å². The number of nitrogens with zero attached hydrogens (tertiary/aromatic N) is 1. The molecule has 0 spiro atoms. The van der Waals surface area contributed by atoms with Gasteiger partial charge in [0.15, 0.2) is 0 Å². The van der Waals surface area contributed by atoms with Crippen molar-refractivity contribution >= 4 is 5.82 Å². The molecule has 0 aliphatic carbocycles. The van der Waals surface area contributed by atoms with Gasteiger partial charge in [-0.1, -0.05) is 13.0 Å². The number of anilines is 1. The van der Waals surface area contributed by atoms with Crippen molar-refractivity contribution in [2.24, 2.45) is 0 Å². The SMILES string of the molecule is C=CCC(NCC)c1c(C)ccnc1N. The maximum Gasteiger partial charge on any atom is 0.128 e. The van der Waals surface area contributed by atoms with E-state index in [4.69, 9.17) is 5.73 Å². The Bertz CT molecular complexity index is 313. The molecule has 1 aromatic heterocycles. The summed E-state index contributed by atoms with van der Waals surface area (Å²) in [7, 11) is 0. The summed E-state index contributed by atoms with van der Waals surface area (Å²) in [5.41, 5.74) is 8.17. The van der Waals surface area contributed by atoms with Crippen molar-refractivity contribution in [2.45, 2.75) is 26.3 Å². The lowest BCUT2D eigenvalue weighted by atomic mass is 10.00. The summed E-state index contributed by atoms with van der Waals surface area (Å²) < 4.78 is 0. The number of hydrogen-bond acceptors (Lipinski definition) is 3. The van der Waals surface area contributed by atoms with Crippen LogP contribution in [0.5, 0.6) is 0 Å². The molecule has 0 radical (unpaired) electrons. The third-order valence-electron chi connectivity index (χ3n) is 2.44. The lowest BCUT2D eigenvalue weighted by molar-refractivity contribution is 0.556. The van der Waals surface area contributed by atoms with Gasteiger partial charge in [-0.05, 0) is 31.5 Å². The molecule has 15 heavy (non-hydrogen) atoms. The summed E-state index contributed by atoms with van der Waals surface area (Å²) in [4.78, 5) is 4.13.